The summed E-state index contributed by atoms with van der Waals surface area (Å²) in [6.45, 7) is 6.53. The first-order valence-corrected chi connectivity index (χ1v) is 6.11. The van der Waals surface area contributed by atoms with Gasteiger partial charge in [-0.15, -0.1) is 0 Å². The van der Waals surface area contributed by atoms with Crippen LogP contribution in [0.25, 0.3) is 0 Å². The minimum absolute atomic E-state index is 0.157. The molecule has 0 saturated carbocycles. The molecule has 1 aromatic rings. The monoisotopic (exact) mass is 296 g/mol. The normalized spacial score (nSPS) is 13.0. The fourth-order valence-corrected chi connectivity index (χ4v) is 2.20. The number of nitrogens with zero attached hydrogens (tertiary/aromatic N) is 2. The maximum Gasteiger partial charge on any atom is 0.0635 e. The molecule has 0 spiro atoms. The van der Waals surface area contributed by atoms with E-state index in [0.29, 0.717) is 0 Å². The van der Waals surface area contributed by atoms with Gasteiger partial charge in [-0.3, -0.25) is 14.0 Å². The Morgan fingerprint density at radius 1 is 1.60 bits per heavy atom. The van der Waals surface area contributed by atoms with Crippen molar-refractivity contribution < 1.29 is 8.76 Å². The zero-order valence-corrected chi connectivity index (χ0v) is 11.6. The highest BCUT2D eigenvalue weighted by Gasteiger charge is 2.20. The van der Waals surface area contributed by atoms with Gasteiger partial charge in [-0.05, 0) is 15.9 Å². The lowest BCUT2D eigenvalue weighted by atomic mass is 9.92. The van der Waals surface area contributed by atoms with Crippen molar-refractivity contribution in [1.29, 1.82) is 0 Å². The number of halogens is 1. The Balaban J connectivity index is 0.000000423. The number of hydrogen-bond donors (Lipinski definition) is 1. The zero-order valence-electron chi connectivity index (χ0n) is 9.15. The molecule has 0 aliphatic heterocycles. The van der Waals surface area contributed by atoms with Crippen molar-refractivity contribution >= 4 is 27.2 Å². The third kappa shape index (κ3) is 5.41. The Morgan fingerprint density at radius 3 is 2.13 bits per heavy atom. The van der Waals surface area contributed by atoms with Gasteiger partial charge < -0.3 is 4.55 Å². The van der Waals surface area contributed by atoms with Crippen molar-refractivity contribution in [3.63, 3.8) is 0 Å². The molecule has 88 valence electrons. The van der Waals surface area contributed by atoms with Crippen molar-refractivity contribution in [1.82, 2.24) is 9.78 Å². The second kappa shape index (κ2) is 5.74. The lowest BCUT2D eigenvalue weighted by Crippen LogP contribution is -2.16. The van der Waals surface area contributed by atoms with E-state index >= 15 is 0 Å². The first-order chi connectivity index (χ1) is 6.66. The molecule has 15 heavy (non-hydrogen) atoms. The Bertz CT molecular complexity index is 323. The third-order valence-corrected chi connectivity index (χ3v) is 2.18. The molecule has 0 fully saturated rings. The first-order valence-electron chi connectivity index (χ1n) is 4.18. The molecule has 1 atom stereocenters. The molecule has 0 saturated heterocycles. The van der Waals surface area contributed by atoms with Gasteiger partial charge in [0.15, 0.2) is 0 Å². The number of aromatic nitrogens is 2. The maximum absolute atomic E-state index is 8.78. The van der Waals surface area contributed by atoms with Crippen molar-refractivity contribution in [3.05, 3.63) is 16.4 Å². The summed E-state index contributed by atoms with van der Waals surface area (Å²) in [6.07, 6.45) is 1.83. The van der Waals surface area contributed by atoms with E-state index < -0.39 is 11.3 Å². The second-order valence-corrected chi connectivity index (χ2v) is 5.35. The van der Waals surface area contributed by atoms with Gasteiger partial charge in [0, 0.05) is 23.7 Å². The Morgan fingerprint density at radius 2 is 2.00 bits per heavy atom. The van der Waals surface area contributed by atoms with Crippen LogP contribution in [0.2, 0.25) is 0 Å². The summed E-state index contributed by atoms with van der Waals surface area (Å²) in [5.41, 5.74) is 1.39. The van der Waals surface area contributed by atoms with E-state index in [9.17, 15) is 0 Å². The van der Waals surface area contributed by atoms with Crippen LogP contribution in [0.4, 0.5) is 0 Å². The van der Waals surface area contributed by atoms with Gasteiger partial charge in [0.1, 0.15) is 0 Å². The predicted molar refractivity (Wildman–Crippen MR) is 62.7 cm³/mol. The largest absolute Gasteiger partial charge is 0.760 e. The molecule has 0 radical (unpaired) electrons. The van der Waals surface area contributed by atoms with Gasteiger partial charge in [-0.2, -0.15) is 5.10 Å². The van der Waals surface area contributed by atoms with Crippen LogP contribution in [0.1, 0.15) is 26.5 Å². The van der Waals surface area contributed by atoms with Gasteiger partial charge in [-0.25, -0.2) is 0 Å². The molecule has 1 heterocycles. The van der Waals surface area contributed by atoms with E-state index in [1.807, 2.05) is 17.9 Å². The zero-order chi connectivity index (χ0) is 12.2. The highest BCUT2D eigenvalue weighted by molar-refractivity contribution is 9.10. The van der Waals surface area contributed by atoms with Gasteiger partial charge in [0.25, 0.3) is 0 Å². The summed E-state index contributed by atoms with van der Waals surface area (Å²) in [4.78, 5) is 0. The Labute approximate surface area is 101 Å². The van der Waals surface area contributed by atoms with Gasteiger partial charge >= 0.3 is 0 Å². The Hall–Kier alpha value is -0.240. The molecule has 0 aliphatic rings. The average molecular weight is 297 g/mol. The highest BCUT2D eigenvalue weighted by atomic mass is 79.9. The van der Waals surface area contributed by atoms with Crippen LogP contribution >= 0.6 is 15.9 Å². The van der Waals surface area contributed by atoms with Crippen LogP contribution < -0.4 is 5.14 Å². The van der Waals surface area contributed by atoms with Gasteiger partial charge in [0.05, 0.1) is 16.4 Å². The minimum atomic E-state index is -2.36. The van der Waals surface area contributed by atoms with E-state index in [1.165, 1.54) is 5.69 Å². The molecular formula is C8H15BrN3O2S-. The van der Waals surface area contributed by atoms with Crippen molar-refractivity contribution in [2.45, 2.75) is 26.2 Å². The third-order valence-electron chi connectivity index (χ3n) is 1.60. The van der Waals surface area contributed by atoms with E-state index in [1.54, 1.807) is 0 Å². The molecule has 0 aromatic carbocycles. The molecular weight excluding hydrogens is 282 g/mol. The predicted octanol–water partition coefficient (Wildman–Crippen LogP) is 1.22. The van der Waals surface area contributed by atoms with Crippen LogP contribution in [0, 0.1) is 0 Å². The summed E-state index contributed by atoms with van der Waals surface area (Å²) < 4.78 is 20.6. The van der Waals surface area contributed by atoms with Crippen LogP contribution in [0.5, 0.6) is 0 Å². The van der Waals surface area contributed by atoms with Crippen LogP contribution in [-0.2, 0) is 23.7 Å². The van der Waals surface area contributed by atoms with E-state index in [2.05, 4.69) is 46.9 Å². The highest BCUT2D eigenvalue weighted by Crippen LogP contribution is 2.28. The van der Waals surface area contributed by atoms with E-state index in [4.69, 9.17) is 8.76 Å². The standard InChI is InChI=1S/C8H13BrN2.H3NO2S/c1-8(2,3)7-6(9)5-10-11(7)4;1-4(2)3/h5H,1-4H3;1H2,(H,2,3)/p-1. The summed E-state index contributed by atoms with van der Waals surface area (Å²) >= 11 is 1.11. The maximum atomic E-state index is 8.78. The minimum Gasteiger partial charge on any atom is -0.760 e. The number of hydrogen-bond acceptors (Lipinski definition) is 3. The SMILES string of the molecule is Cn1ncc(Br)c1C(C)(C)C.NS(=O)[O-]. The van der Waals surface area contributed by atoms with Crippen molar-refractivity contribution in [2.24, 2.45) is 12.2 Å². The molecule has 5 nitrogen and oxygen atoms in total. The molecule has 0 bridgehead atoms. The van der Waals surface area contributed by atoms with E-state index in [0.717, 1.165) is 4.47 Å². The van der Waals surface area contributed by atoms with Gasteiger partial charge in [0.2, 0.25) is 0 Å². The molecule has 2 N–H and O–H groups in total. The molecule has 7 heteroatoms. The lowest BCUT2D eigenvalue weighted by molar-refractivity contribution is 0.520. The molecule has 1 rings (SSSR count). The lowest BCUT2D eigenvalue weighted by Gasteiger charge is -2.19. The summed E-state index contributed by atoms with van der Waals surface area (Å²) in [7, 11) is 1.96. The van der Waals surface area contributed by atoms with Crippen LogP contribution in [0.3, 0.4) is 0 Å². The average Bonchev–Trinajstić information content (AvgIpc) is 2.27. The second-order valence-electron chi connectivity index (χ2n) is 3.98. The molecule has 0 amide bonds. The van der Waals surface area contributed by atoms with E-state index in [-0.39, 0.29) is 5.41 Å². The Kier molecular flexibility index (Phi) is 5.65. The summed E-state index contributed by atoms with van der Waals surface area (Å²) in [5, 5.41) is 8.18. The van der Waals surface area contributed by atoms with Crippen LogP contribution in [-0.4, -0.2) is 18.5 Å². The number of nitrogens with two attached hydrogens (primary N) is 1. The van der Waals surface area contributed by atoms with Gasteiger partial charge in [-0.1, -0.05) is 20.8 Å². The summed E-state index contributed by atoms with van der Waals surface area (Å²) in [6, 6.07) is 0. The number of aryl methyl sites for hydroxylation is 1. The molecule has 1 aromatic heterocycles. The summed E-state index contributed by atoms with van der Waals surface area (Å²) in [5.74, 6) is 0. The first kappa shape index (κ1) is 14.8. The molecule has 1 unspecified atom stereocenters. The topological polar surface area (TPSA) is 84.0 Å². The van der Waals surface area contributed by atoms with Crippen LogP contribution in [0.15, 0.2) is 10.7 Å². The number of rotatable bonds is 0. The van der Waals surface area contributed by atoms with Crippen molar-refractivity contribution in [3.8, 4) is 0 Å². The van der Waals surface area contributed by atoms with Crippen molar-refractivity contribution in [2.75, 3.05) is 0 Å². The smallest absolute Gasteiger partial charge is 0.0635 e. The quantitative estimate of drug-likeness (QED) is 0.731. The molecule has 0 aliphatic carbocycles. The fourth-order valence-electron chi connectivity index (χ4n) is 1.25. The fraction of sp³-hybridized carbons (Fsp3) is 0.625.